The summed E-state index contributed by atoms with van der Waals surface area (Å²) in [6.07, 6.45) is 2.12. The van der Waals surface area contributed by atoms with Crippen molar-refractivity contribution in [1.82, 2.24) is 20.5 Å². The highest BCUT2D eigenvalue weighted by Crippen LogP contribution is 2.23. The molecule has 10 N–H and O–H groups in total. The molecular formula is C26H32N8O5. The lowest BCUT2D eigenvalue weighted by molar-refractivity contribution is -0.138. The third-order valence-corrected chi connectivity index (χ3v) is 5.95. The molecule has 0 saturated heterocycles. The number of hydrogen-bond acceptors (Lipinski definition) is 5. The number of carboxylic acids is 1. The Morgan fingerprint density at radius 3 is 2.33 bits per heavy atom. The monoisotopic (exact) mass is 536 g/mol. The number of carbonyl (C=O) groups excluding carboxylic acids is 3. The minimum absolute atomic E-state index is 0.0509. The van der Waals surface area contributed by atoms with Crippen LogP contribution in [0.25, 0.3) is 10.9 Å². The molecule has 4 amide bonds. The summed E-state index contributed by atoms with van der Waals surface area (Å²) in [5, 5.41) is 14.7. The molecule has 1 heterocycles. The Bertz CT molecular complexity index is 1350. The number of amides is 4. The van der Waals surface area contributed by atoms with E-state index in [4.69, 9.17) is 22.3 Å². The average Bonchev–Trinajstić information content (AvgIpc) is 3.34. The van der Waals surface area contributed by atoms with Crippen LogP contribution in [0.1, 0.15) is 34.3 Å². The first kappa shape index (κ1) is 28.5. The zero-order valence-corrected chi connectivity index (χ0v) is 21.2. The molecule has 206 valence electrons. The maximum Gasteiger partial charge on any atom is 0.322 e. The van der Waals surface area contributed by atoms with Crippen LogP contribution in [0, 0.1) is 0 Å². The predicted octanol–water partition coefficient (Wildman–Crippen LogP) is 0.602. The number of rotatable bonds is 13. The molecule has 0 bridgehead atoms. The second-order valence-corrected chi connectivity index (χ2v) is 8.79. The number of aromatic nitrogens is 1. The Morgan fingerprint density at radius 2 is 1.67 bits per heavy atom. The minimum Gasteiger partial charge on any atom is -0.480 e. The fraction of sp³-hybridized carbons (Fsp3) is 0.269. The molecule has 0 aliphatic heterocycles. The number of primary amides is 1. The summed E-state index contributed by atoms with van der Waals surface area (Å²) < 4.78 is 0. The molecule has 0 saturated carbocycles. The maximum atomic E-state index is 14.0. The van der Waals surface area contributed by atoms with Crippen LogP contribution in [0.3, 0.4) is 0 Å². The first-order valence-electron chi connectivity index (χ1n) is 12.2. The van der Waals surface area contributed by atoms with Crippen molar-refractivity contribution in [3.8, 4) is 0 Å². The highest BCUT2D eigenvalue weighted by atomic mass is 16.4. The third kappa shape index (κ3) is 8.21. The first-order chi connectivity index (χ1) is 18.7. The lowest BCUT2D eigenvalue weighted by atomic mass is 10.0. The SMILES string of the molecule is NC(=O)NCc1ccc(CN(C(=O)c2c[nH]c3ccccc23)[C@H](CCCN=C(N)N)C(=O)NCC(=O)O)cc1. The second-order valence-electron chi connectivity index (χ2n) is 8.79. The predicted molar refractivity (Wildman–Crippen MR) is 145 cm³/mol. The fourth-order valence-corrected chi connectivity index (χ4v) is 4.08. The van der Waals surface area contributed by atoms with E-state index in [-0.39, 0.29) is 32.0 Å². The number of hydrogen-bond donors (Lipinski definition) is 7. The number of aliphatic imine (C=N–C) groups is 1. The van der Waals surface area contributed by atoms with Crippen LogP contribution in [0.2, 0.25) is 0 Å². The standard InChI is InChI=1S/C26H32N8O5/c27-25(28)30-11-3-6-21(23(37)32-14-22(35)36)34(15-17-9-7-16(8-10-17)12-33-26(29)39)24(38)19-13-31-20-5-2-1-4-18(19)20/h1-2,4-5,7-10,13,21,31H,3,6,11-12,14-15H2,(H,32,37)(H,35,36)(H4,27,28,30)(H3,29,33,39)/t21-/m1/s1. The van der Waals surface area contributed by atoms with Gasteiger partial charge in [-0.05, 0) is 30.0 Å². The molecule has 0 unspecified atom stereocenters. The van der Waals surface area contributed by atoms with Gasteiger partial charge in [0.2, 0.25) is 5.91 Å². The number of urea groups is 1. The lowest BCUT2D eigenvalue weighted by Gasteiger charge is -2.31. The van der Waals surface area contributed by atoms with E-state index in [1.165, 1.54) is 4.90 Å². The van der Waals surface area contributed by atoms with Gasteiger partial charge in [0, 0.05) is 36.7 Å². The summed E-state index contributed by atoms with van der Waals surface area (Å²) in [5.74, 6) is -2.33. The van der Waals surface area contributed by atoms with Crippen molar-refractivity contribution in [3.05, 3.63) is 71.4 Å². The number of fused-ring (bicyclic) bond motifs is 1. The summed E-state index contributed by atoms with van der Waals surface area (Å²) >= 11 is 0. The molecule has 0 aliphatic carbocycles. The number of nitrogens with one attached hydrogen (secondary N) is 3. The van der Waals surface area contributed by atoms with Gasteiger partial charge in [0.25, 0.3) is 5.91 Å². The van der Waals surface area contributed by atoms with Crippen LogP contribution < -0.4 is 27.8 Å². The number of aliphatic carboxylic acids is 1. The van der Waals surface area contributed by atoms with Crippen molar-refractivity contribution in [2.45, 2.75) is 32.0 Å². The van der Waals surface area contributed by atoms with Crippen LogP contribution in [-0.2, 0) is 22.7 Å². The maximum absolute atomic E-state index is 14.0. The molecule has 1 atom stereocenters. The van der Waals surface area contributed by atoms with Gasteiger partial charge in [0.1, 0.15) is 12.6 Å². The number of benzene rings is 2. The van der Waals surface area contributed by atoms with Crippen molar-refractivity contribution in [1.29, 1.82) is 0 Å². The summed E-state index contributed by atoms with van der Waals surface area (Å²) in [5.41, 5.74) is 18.6. The van der Waals surface area contributed by atoms with E-state index in [0.717, 1.165) is 11.1 Å². The van der Waals surface area contributed by atoms with Crippen molar-refractivity contribution < 1.29 is 24.3 Å². The number of carboxylic acid groups (broad SMARTS) is 1. The Morgan fingerprint density at radius 1 is 0.974 bits per heavy atom. The lowest BCUT2D eigenvalue weighted by Crippen LogP contribution is -2.50. The largest absolute Gasteiger partial charge is 0.480 e. The van der Waals surface area contributed by atoms with E-state index in [2.05, 4.69) is 20.6 Å². The van der Waals surface area contributed by atoms with Gasteiger partial charge in [-0.1, -0.05) is 42.5 Å². The van der Waals surface area contributed by atoms with Gasteiger partial charge in [0.05, 0.1) is 5.56 Å². The zero-order chi connectivity index (χ0) is 28.4. The number of nitrogens with two attached hydrogens (primary N) is 3. The van der Waals surface area contributed by atoms with Crippen molar-refractivity contribution in [2.24, 2.45) is 22.2 Å². The van der Waals surface area contributed by atoms with Crippen LogP contribution in [0.5, 0.6) is 0 Å². The quantitative estimate of drug-likeness (QED) is 0.0935. The Labute approximate surface area is 224 Å². The van der Waals surface area contributed by atoms with E-state index in [1.54, 1.807) is 36.5 Å². The number of aromatic amines is 1. The molecule has 39 heavy (non-hydrogen) atoms. The molecule has 13 nitrogen and oxygen atoms in total. The Kier molecular flexibility index (Phi) is 9.84. The molecule has 3 aromatic rings. The second kappa shape index (κ2) is 13.5. The molecule has 3 rings (SSSR count). The Hall–Kier alpha value is -5.07. The number of para-hydroxylation sites is 1. The van der Waals surface area contributed by atoms with Gasteiger partial charge in [-0.25, -0.2) is 4.79 Å². The fourth-order valence-electron chi connectivity index (χ4n) is 4.08. The van der Waals surface area contributed by atoms with Gasteiger partial charge in [0.15, 0.2) is 5.96 Å². The zero-order valence-electron chi connectivity index (χ0n) is 21.2. The summed E-state index contributed by atoms with van der Waals surface area (Å²) in [6, 6.07) is 12.7. The number of carbonyl (C=O) groups is 4. The molecule has 13 heteroatoms. The van der Waals surface area contributed by atoms with Gasteiger partial charge < -0.3 is 42.8 Å². The summed E-state index contributed by atoms with van der Waals surface area (Å²) in [4.78, 5) is 57.8. The van der Waals surface area contributed by atoms with E-state index in [1.807, 2.05) is 18.2 Å². The minimum atomic E-state index is -1.21. The van der Waals surface area contributed by atoms with Gasteiger partial charge in [-0.15, -0.1) is 0 Å². The van der Waals surface area contributed by atoms with E-state index >= 15 is 0 Å². The molecule has 2 aromatic carbocycles. The van der Waals surface area contributed by atoms with Gasteiger partial charge >= 0.3 is 12.0 Å². The average molecular weight is 537 g/mol. The number of guanidine groups is 1. The third-order valence-electron chi connectivity index (χ3n) is 5.95. The molecular weight excluding hydrogens is 504 g/mol. The van der Waals surface area contributed by atoms with Crippen molar-refractivity contribution >= 4 is 40.7 Å². The number of nitrogens with zero attached hydrogens (tertiary/aromatic N) is 2. The Balaban J connectivity index is 1.96. The van der Waals surface area contributed by atoms with Gasteiger partial charge in [-0.3, -0.25) is 19.4 Å². The molecule has 0 aliphatic rings. The van der Waals surface area contributed by atoms with Crippen molar-refractivity contribution in [3.63, 3.8) is 0 Å². The van der Waals surface area contributed by atoms with Crippen LogP contribution >= 0.6 is 0 Å². The van der Waals surface area contributed by atoms with Gasteiger partial charge in [-0.2, -0.15) is 0 Å². The highest BCUT2D eigenvalue weighted by molar-refractivity contribution is 6.08. The smallest absolute Gasteiger partial charge is 0.322 e. The van der Waals surface area contributed by atoms with Crippen LogP contribution in [-0.4, -0.2) is 63.9 Å². The van der Waals surface area contributed by atoms with Crippen LogP contribution in [0.15, 0.2) is 59.7 Å². The topological polar surface area (TPSA) is 222 Å². The first-order valence-corrected chi connectivity index (χ1v) is 12.2. The molecule has 1 aromatic heterocycles. The van der Waals surface area contributed by atoms with Crippen LogP contribution in [0.4, 0.5) is 4.79 Å². The molecule has 0 spiro atoms. The highest BCUT2D eigenvalue weighted by Gasteiger charge is 2.31. The summed E-state index contributed by atoms with van der Waals surface area (Å²) in [6.45, 7) is -0.0877. The molecule has 0 fully saturated rings. The summed E-state index contributed by atoms with van der Waals surface area (Å²) in [7, 11) is 0. The van der Waals surface area contributed by atoms with E-state index in [9.17, 15) is 19.2 Å². The van der Waals surface area contributed by atoms with Crippen molar-refractivity contribution in [2.75, 3.05) is 13.1 Å². The normalized spacial score (nSPS) is 11.4. The molecule has 0 radical (unpaired) electrons. The van der Waals surface area contributed by atoms with E-state index in [0.29, 0.717) is 22.9 Å². The number of H-pyrrole nitrogens is 1. The van der Waals surface area contributed by atoms with E-state index < -0.39 is 36.4 Å².